The smallest absolute Gasteiger partial charge is 0.259 e. The lowest BCUT2D eigenvalue weighted by Crippen LogP contribution is -2.25. The van der Waals surface area contributed by atoms with Gasteiger partial charge in [-0.05, 0) is 53.9 Å². The number of anilines is 3. The van der Waals surface area contributed by atoms with Crippen molar-refractivity contribution in [3.05, 3.63) is 71.3 Å². The van der Waals surface area contributed by atoms with E-state index >= 15 is 0 Å². The van der Waals surface area contributed by atoms with Crippen LogP contribution in [0, 0.1) is 0 Å². The Morgan fingerprint density at radius 2 is 1.91 bits per heavy atom. The number of ether oxygens (including phenoxy) is 2. The van der Waals surface area contributed by atoms with Gasteiger partial charge in [-0.1, -0.05) is 0 Å². The monoisotopic (exact) mass is 429 g/mol. The summed E-state index contributed by atoms with van der Waals surface area (Å²) in [6.45, 7) is 1.47. The van der Waals surface area contributed by atoms with Crippen LogP contribution in [-0.4, -0.2) is 34.3 Å². The molecule has 8 heteroatoms. The summed E-state index contributed by atoms with van der Waals surface area (Å²) < 4.78 is 11.4. The summed E-state index contributed by atoms with van der Waals surface area (Å²) in [6.07, 6.45) is 5.26. The minimum atomic E-state index is -0.209. The summed E-state index contributed by atoms with van der Waals surface area (Å²) >= 11 is 0. The molecule has 1 aliphatic rings. The molecule has 0 saturated carbocycles. The summed E-state index contributed by atoms with van der Waals surface area (Å²) in [5.41, 5.74) is 7.81. The molecular weight excluding hydrogens is 406 g/mol. The van der Waals surface area contributed by atoms with Gasteiger partial charge in [0.25, 0.3) is 5.56 Å². The Bertz CT molecular complexity index is 1280. The van der Waals surface area contributed by atoms with Crippen LogP contribution >= 0.6 is 0 Å². The Hall–Kier alpha value is -3.91. The van der Waals surface area contributed by atoms with Crippen molar-refractivity contribution < 1.29 is 9.47 Å². The largest absolute Gasteiger partial charge is 0.490 e. The van der Waals surface area contributed by atoms with E-state index in [0.29, 0.717) is 22.7 Å². The summed E-state index contributed by atoms with van der Waals surface area (Å²) in [4.78, 5) is 24.2. The third-order valence-electron chi connectivity index (χ3n) is 5.42. The number of aromatic nitrogens is 3. The fourth-order valence-electron chi connectivity index (χ4n) is 3.75. The van der Waals surface area contributed by atoms with E-state index in [1.54, 1.807) is 18.5 Å². The molecule has 4 N–H and O–H groups in total. The Balaban J connectivity index is 1.46. The minimum Gasteiger partial charge on any atom is -0.490 e. The zero-order valence-electron chi connectivity index (χ0n) is 17.4. The normalized spacial score (nSPS) is 14.4. The second-order valence-electron chi connectivity index (χ2n) is 7.68. The first kappa shape index (κ1) is 20.0. The van der Waals surface area contributed by atoms with Gasteiger partial charge in [0, 0.05) is 36.5 Å². The van der Waals surface area contributed by atoms with Gasteiger partial charge < -0.3 is 25.5 Å². The van der Waals surface area contributed by atoms with Gasteiger partial charge in [-0.2, -0.15) is 0 Å². The van der Waals surface area contributed by atoms with Crippen molar-refractivity contribution in [2.45, 2.75) is 18.9 Å². The highest BCUT2D eigenvalue weighted by Gasteiger charge is 2.15. The van der Waals surface area contributed by atoms with Crippen molar-refractivity contribution >= 4 is 28.1 Å². The molecule has 5 rings (SSSR count). The average Bonchev–Trinajstić information content (AvgIpc) is 2.81. The Labute approximate surface area is 184 Å². The van der Waals surface area contributed by atoms with E-state index in [0.717, 1.165) is 48.4 Å². The average molecular weight is 429 g/mol. The SMILES string of the molecule is Nc1ccc(-c2cc3cc[nH]c(=O)c3c(Nc3ccc(OC4CCOCC4)cc3)n2)cn1. The van der Waals surface area contributed by atoms with Crippen molar-refractivity contribution in [2.75, 3.05) is 24.3 Å². The third kappa shape index (κ3) is 4.26. The fraction of sp³-hybridized carbons (Fsp3) is 0.208. The first-order chi connectivity index (χ1) is 15.7. The van der Waals surface area contributed by atoms with Crippen molar-refractivity contribution in [2.24, 2.45) is 0 Å². The van der Waals surface area contributed by atoms with Crippen LogP contribution in [-0.2, 0) is 4.74 Å². The van der Waals surface area contributed by atoms with Crippen molar-refractivity contribution in [1.82, 2.24) is 15.0 Å². The lowest BCUT2D eigenvalue weighted by Gasteiger charge is -2.23. The van der Waals surface area contributed by atoms with E-state index in [2.05, 4.69) is 15.3 Å². The summed E-state index contributed by atoms with van der Waals surface area (Å²) in [6, 6.07) is 15.0. The molecule has 0 amide bonds. The van der Waals surface area contributed by atoms with Crippen LogP contribution in [0.25, 0.3) is 22.0 Å². The van der Waals surface area contributed by atoms with Crippen LogP contribution < -0.4 is 21.3 Å². The maximum absolute atomic E-state index is 12.6. The molecule has 0 aliphatic carbocycles. The van der Waals surface area contributed by atoms with Crippen molar-refractivity contribution in [3.63, 3.8) is 0 Å². The van der Waals surface area contributed by atoms with E-state index in [-0.39, 0.29) is 11.7 Å². The molecule has 162 valence electrons. The highest BCUT2D eigenvalue weighted by atomic mass is 16.5. The van der Waals surface area contributed by atoms with E-state index < -0.39 is 0 Å². The molecule has 0 spiro atoms. The quantitative estimate of drug-likeness (QED) is 0.441. The van der Waals surface area contributed by atoms with E-state index in [4.69, 9.17) is 20.2 Å². The molecule has 0 radical (unpaired) electrons. The number of H-pyrrole nitrogens is 1. The Morgan fingerprint density at radius 3 is 2.66 bits per heavy atom. The molecule has 1 aromatic carbocycles. The zero-order chi connectivity index (χ0) is 21.9. The number of pyridine rings is 3. The maximum Gasteiger partial charge on any atom is 0.259 e. The first-order valence-electron chi connectivity index (χ1n) is 10.5. The number of nitrogens with one attached hydrogen (secondary N) is 2. The van der Waals surface area contributed by atoms with Crippen LogP contribution in [0.5, 0.6) is 5.75 Å². The van der Waals surface area contributed by atoms with Gasteiger partial charge >= 0.3 is 0 Å². The van der Waals surface area contributed by atoms with E-state index in [1.165, 1.54) is 0 Å². The molecule has 4 aromatic rings. The molecule has 1 aliphatic heterocycles. The van der Waals surface area contributed by atoms with Gasteiger partial charge in [0.05, 0.1) is 24.3 Å². The van der Waals surface area contributed by atoms with Crippen LogP contribution in [0.3, 0.4) is 0 Å². The number of benzene rings is 1. The van der Waals surface area contributed by atoms with E-state index in [1.807, 2.05) is 42.5 Å². The fourth-order valence-corrected chi connectivity index (χ4v) is 3.75. The van der Waals surface area contributed by atoms with Crippen LogP contribution in [0.1, 0.15) is 12.8 Å². The summed E-state index contributed by atoms with van der Waals surface area (Å²) in [7, 11) is 0. The molecule has 0 bridgehead atoms. The van der Waals surface area contributed by atoms with Crippen LogP contribution in [0.2, 0.25) is 0 Å². The van der Waals surface area contributed by atoms with Crippen molar-refractivity contribution in [1.29, 1.82) is 0 Å². The standard InChI is InChI=1S/C24H23N5O3/c25-21-6-1-16(14-27-21)20-13-15-7-10-26-24(30)22(15)23(29-20)28-17-2-4-18(5-3-17)32-19-8-11-31-12-9-19/h1-7,10,13-14,19H,8-9,11-12H2,(H2,25,27)(H,26,30)(H,28,29). The molecular formula is C24H23N5O3. The molecule has 0 atom stereocenters. The van der Waals surface area contributed by atoms with Gasteiger partial charge in [-0.3, -0.25) is 4.79 Å². The second kappa shape index (κ2) is 8.68. The Kier molecular flexibility index (Phi) is 5.43. The molecule has 0 unspecified atom stereocenters. The highest BCUT2D eigenvalue weighted by Crippen LogP contribution is 2.28. The van der Waals surface area contributed by atoms with Crippen molar-refractivity contribution in [3.8, 4) is 17.0 Å². The summed E-state index contributed by atoms with van der Waals surface area (Å²) in [5.74, 6) is 1.71. The molecule has 32 heavy (non-hydrogen) atoms. The van der Waals surface area contributed by atoms with Gasteiger partial charge in [0.15, 0.2) is 0 Å². The Morgan fingerprint density at radius 1 is 1.09 bits per heavy atom. The number of nitrogens with zero attached hydrogens (tertiary/aromatic N) is 2. The third-order valence-corrected chi connectivity index (χ3v) is 5.42. The first-order valence-corrected chi connectivity index (χ1v) is 10.5. The molecule has 3 aromatic heterocycles. The number of rotatable bonds is 5. The number of aromatic amines is 1. The summed E-state index contributed by atoms with van der Waals surface area (Å²) in [5, 5.41) is 4.55. The molecule has 1 saturated heterocycles. The predicted molar refractivity (Wildman–Crippen MR) is 124 cm³/mol. The predicted octanol–water partition coefficient (Wildman–Crippen LogP) is 3.87. The number of fused-ring (bicyclic) bond motifs is 1. The van der Waals surface area contributed by atoms with Crippen LogP contribution in [0.15, 0.2) is 65.7 Å². The molecule has 8 nitrogen and oxygen atoms in total. The number of nitrogens with two attached hydrogens (primary N) is 1. The zero-order valence-corrected chi connectivity index (χ0v) is 17.4. The number of nitrogen functional groups attached to an aromatic ring is 1. The van der Waals surface area contributed by atoms with Gasteiger partial charge in [-0.15, -0.1) is 0 Å². The lowest BCUT2D eigenvalue weighted by atomic mass is 10.1. The highest BCUT2D eigenvalue weighted by molar-refractivity contribution is 5.95. The van der Waals surface area contributed by atoms with Gasteiger partial charge in [0.2, 0.25) is 0 Å². The molecule has 1 fully saturated rings. The number of hydrogen-bond donors (Lipinski definition) is 3. The number of hydrogen-bond acceptors (Lipinski definition) is 7. The maximum atomic E-state index is 12.6. The molecule has 4 heterocycles. The minimum absolute atomic E-state index is 0.178. The lowest BCUT2D eigenvalue weighted by molar-refractivity contribution is 0.0256. The topological polar surface area (TPSA) is 115 Å². The van der Waals surface area contributed by atoms with Gasteiger partial charge in [-0.25, -0.2) is 9.97 Å². The second-order valence-corrected chi connectivity index (χ2v) is 7.68. The van der Waals surface area contributed by atoms with Gasteiger partial charge in [0.1, 0.15) is 23.5 Å². The van der Waals surface area contributed by atoms with E-state index in [9.17, 15) is 4.79 Å². The van der Waals surface area contributed by atoms with Crippen LogP contribution in [0.4, 0.5) is 17.3 Å².